The Morgan fingerprint density at radius 3 is 1.41 bits per heavy atom. The zero-order valence-corrected chi connectivity index (χ0v) is 31.4. The minimum atomic E-state index is -0.504. The van der Waals surface area contributed by atoms with Crippen LogP contribution in [0.25, 0.3) is 93.6 Å². The molecule has 0 atom stereocenters. The smallest absolute Gasteiger partial charge is 0.263 e. The van der Waals surface area contributed by atoms with Crippen LogP contribution < -0.4 is 5.56 Å². The van der Waals surface area contributed by atoms with Gasteiger partial charge in [0.15, 0.2) is 0 Å². The molecule has 2 aliphatic carbocycles. The Hall–Kier alpha value is -7.55. The standard InChI is InChI=1S/C56H33NO/c58-55-43-27-26-38(35-16-5-2-6-17-35)29-44(43)47-30-39(37-19-13-18-36(28-37)34-14-3-1-4-15-34)31-48-46-32-45-42-22-9-12-25-51(42)56(52(45)33-53(46)57(55)54(47)48)49-23-10-7-20-40(49)41-21-8-11-24-50(41)56/h1-33H. The summed E-state index contributed by atoms with van der Waals surface area (Å²) >= 11 is 0. The predicted molar refractivity (Wildman–Crippen MR) is 240 cm³/mol. The second-order valence-electron chi connectivity index (χ2n) is 15.9. The van der Waals surface area contributed by atoms with Crippen molar-refractivity contribution in [2.24, 2.45) is 0 Å². The van der Waals surface area contributed by atoms with Crippen molar-refractivity contribution < 1.29 is 0 Å². The number of nitrogens with zero attached hydrogens (tertiary/aromatic N) is 1. The van der Waals surface area contributed by atoms with Gasteiger partial charge in [0, 0.05) is 21.5 Å². The molecule has 2 nitrogen and oxygen atoms in total. The number of hydrogen-bond donors (Lipinski definition) is 0. The molecular weight excluding hydrogens is 703 g/mol. The zero-order valence-electron chi connectivity index (χ0n) is 31.4. The van der Waals surface area contributed by atoms with Crippen LogP contribution in [0.4, 0.5) is 0 Å². The molecule has 0 fully saturated rings. The van der Waals surface area contributed by atoms with Gasteiger partial charge in [-0.2, -0.15) is 0 Å². The van der Waals surface area contributed by atoms with Gasteiger partial charge >= 0.3 is 0 Å². The molecule has 2 heterocycles. The number of pyridine rings is 1. The van der Waals surface area contributed by atoms with Gasteiger partial charge < -0.3 is 0 Å². The minimum absolute atomic E-state index is 0.0117. The molecule has 0 amide bonds. The second kappa shape index (κ2) is 11.5. The third-order valence-corrected chi connectivity index (χ3v) is 13.1. The van der Waals surface area contributed by atoms with Crippen molar-refractivity contribution >= 4 is 38.0 Å². The van der Waals surface area contributed by atoms with E-state index in [0.717, 1.165) is 60.2 Å². The van der Waals surface area contributed by atoms with Crippen molar-refractivity contribution in [2.45, 2.75) is 5.41 Å². The van der Waals surface area contributed by atoms with Gasteiger partial charge in [-0.25, -0.2) is 0 Å². The molecule has 58 heavy (non-hydrogen) atoms. The van der Waals surface area contributed by atoms with Crippen LogP contribution in [-0.4, -0.2) is 4.40 Å². The molecule has 0 bridgehead atoms. The van der Waals surface area contributed by atoms with Crippen LogP contribution in [0.3, 0.4) is 0 Å². The molecule has 268 valence electrons. The van der Waals surface area contributed by atoms with Crippen molar-refractivity contribution in [3.05, 3.63) is 233 Å². The Balaban J connectivity index is 1.18. The lowest BCUT2D eigenvalue weighted by Gasteiger charge is -2.30. The summed E-state index contributed by atoms with van der Waals surface area (Å²) in [7, 11) is 0. The fourth-order valence-electron chi connectivity index (χ4n) is 10.7. The van der Waals surface area contributed by atoms with Crippen molar-refractivity contribution in [3.63, 3.8) is 0 Å². The summed E-state index contributed by atoms with van der Waals surface area (Å²) in [6, 6.07) is 72.4. The lowest BCUT2D eigenvalue weighted by molar-refractivity contribution is 0.794. The highest BCUT2D eigenvalue weighted by atomic mass is 16.1. The Bertz CT molecular complexity index is 3530. The van der Waals surface area contributed by atoms with E-state index in [4.69, 9.17) is 0 Å². The van der Waals surface area contributed by atoms with Crippen LogP contribution in [0, 0.1) is 0 Å². The van der Waals surface area contributed by atoms with Crippen LogP contribution in [0.2, 0.25) is 0 Å². The SMILES string of the molecule is O=c1c2ccc(-c3ccccc3)cc2c2cc(-c3cccc(-c4ccccc4)c3)cc3c4cc5c(cc4n1c23)C1(c2ccccc2-c2ccccc21)c1ccccc1-5. The molecule has 9 aromatic carbocycles. The maximum Gasteiger partial charge on any atom is 0.263 e. The van der Waals surface area contributed by atoms with E-state index in [2.05, 4.69) is 188 Å². The van der Waals surface area contributed by atoms with Crippen LogP contribution in [-0.2, 0) is 5.41 Å². The quantitative estimate of drug-likeness (QED) is 0.166. The summed E-state index contributed by atoms with van der Waals surface area (Å²) in [5.41, 5.74) is 18.4. The summed E-state index contributed by atoms with van der Waals surface area (Å²) in [5.74, 6) is 0. The Labute approximate surface area is 334 Å². The van der Waals surface area contributed by atoms with Gasteiger partial charge in [-0.15, -0.1) is 0 Å². The third-order valence-electron chi connectivity index (χ3n) is 13.1. The van der Waals surface area contributed by atoms with E-state index in [1.54, 1.807) is 0 Å². The first-order valence-corrected chi connectivity index (χ1v) is 20.0. The number of fused-ring (bicyclic) bond motifs is 15. The van der Waals surface area contributed by atoms with E-state index in [1.165, 1.54) is 55.6 Å². The molecule has 0 radical (unpaired) electrons. The van der Waals surface area contributed by atoms with Crippen molar-refractivity contribution in [1.82, 2.24) is 4.40 Å². The van der Waals surface area contributed by atoms with Gasteiger partial charge in [-0.3, -0.25) is 9.20 Å². The van der Waals surface area contributed by atoms with E-state index in [9.17, 15) is 0 Å². The van der Waals surface area contributed by atoms with E-state index in [-0.39, 0.29) is 5.56 Å². The predicted octanol–water partition coefficient (Wildman–Crippen LogP) is 13.5. The van der Waals surface area contributed by atoms with Crippen molar-refractivity contribution in [2.75, 3.05) is 0 Å². The van der Waals surface area contributed by atoms with Crippen molar-refractivity contribution in [3.8, 4) is 55.6 Å². The van der Waals surface area contributed by atoms with Gasteiger partial charge in [0.25, 0.3) is 5.56 Å². The summed E-state index contributed by atoms with van der Waals surface area (Å²) in [5, 5.41) is 4.95. The van der Waals surface area contributed by atoms with Crippen LogP contribution in [0.15, 0.2) is 205 Å². The van der Waals surface area contributed by atoms with Crippen LogP contribution in [0.5, 0.6) is 0 Å². The Morgan fingerprint density at radius 1 is 0.310 bits per heavy atom. The molecule has 2 aliphatic rings. The molecular formula is C56H33NO. The molecule has 2 aromatic heterocycles. The monoisotopic (exact) mass is 735 g/mol. The Kier molecular flexibility index (Phi) is 6.27. The molecule has 0 saturated carbocycles. The van der Waals surface area contributed by atoms with Crippen LogP contribution in [0.1, 0.15) is 22.3 Å². The largest absolute Gasteiger partial charge is 0.275 e. The fourth-order valence-corrected chi connectivity index (χ4v) is 10.7. The second-order valence-corrected chi connectivity index (χ2v) is 15.9. The van der Waals surface area contributed by atoms with E-state index < -0.39 is 5.41 Å². The zero-order chi connectivity index (χ0) is 38.1. The molecule has 0 saturated heterocycles. The highest BCUT2D eigenvalue weighted by molar-refractivity contribution is 6.23. The average molecular weight is 736 g/mol. The lowest BCUT2D eigenvalue weighted by Crippen LogP contribution is -2.26. The molecule has 13 rings (SSSR count). The first-order chi connectivity index (χ1) is 28.7. The lowest BCUT2D eigenvalue weighted by atomic mass is 9.70. The molecule has 1 spiro atoms. The third kappa shape index (κ3) is 4.03. The highest BCUT2D eigenvalue weighted by Crippen LogP contribution is 2.63. The molecule has 0 unspecified atom stereocenters. The van der Waals surface area contributed by atoms with Gasteiger partial charge in [0.2, 0.25) is 0 Å². The number of rotatable bonds is 3. The molecule has 11 aromatic rings. The van der Waals surface area contributed by atoms with Gasteiger partial charge in [-0.05, 0) is 126 Å². The summed E-state index contributed by atoms with van der Waals surface area (Å²) in [6.07, 6.45) is 0. The highest BCUT2D eigenvalue weighted by Gasteiger charge is 2.51. The maximum absolute atomic E-state index is 15.2. The van der Waals surface area contributed by atoms with Gasteiger partial charge in [0.05, 0.1) is 16.4 Å². The van der Waals surface area contributed by atoms with E-state index >= 15 is 4.79 Å². The molecule has 2 heteroatoms. The molecule has 0 N–H and O–H groups in total. The van der Waals surface area contributed by atoms with Gasteiger partial charge in [0.1, 0.15) is 0 Å². The first-order valence-electron chi connectivity index (χ1n) is 20.0. The first kappa shape index (κ1) is 31.6. The minimum Gasteiger partial charge on any atom is -0.275 e. The number of aromatic nitrogens is 1. The van der Waals surface area contributed by atoms with Crippen molar-refractivity contribution in [1.29, 1.82) is 0 Å². The average Bonchev–Trinajstić information content (AvgIpc) is 3.89. The fraction of sp³-hybridized carbons (Fsp3) is 0.0179. The maximum atomic E-state index is 15.2. The Morgan fingerprint density at radius 2 is 0.793 bits per heavy atom. The molecule has 0 aliphatic heterocycles. The summed E-state index contributed by atoms with van der Waals surface area (Å²) in [4.78, 5) is 15.2. The van der Waals surface area contributed by atoms with Crippen LogP contribution >= 0.6 is 0 Å². The summed E-state index contributed by atoms with van der Waals surface area (Å²) in [6.45, 7) is 0. The van der Waals surface area contributed by atoms with E-state index in [0.29, 0.717) is 0 Å². The van der Waals surface area contributed by atoms with E-state index in [1.807, 2.05) is 16.5 Å². The number of benzene rings is 9. The topological polar surface area (TPSA) is 21.5 Å². The normalized spacial score (nSPS) is 13.4. The summed E-state index contributed by atoms with van der Waals surface area (Å²) < 4.78 is 2.03. The number of hydrogen-bond acceptors (Lipinski definition) is 1. The van der Waals surface area contributed by atoms with Gasteiger partial charge in [-0.1, -0.05) is 158 Å².